The van der Waals surface area contributed by atoms with Crippen LogP contribution in [0.5, 0.6) is 0 Å². The molecule has 0 aliphatic carbocycles. The van der Waals surface area contributed by atoms with Crippen molar-refractivity contribution in [3.05, 3.63) is 35.4 Å². The Morgan fingerprint density at radius 3 is 2.47 bits per heavy atom. The smallest absolute Gasteiger partial charge is 0.0231 e. The first-order valence-electron chi connectivity index (χ1n) is 6.67. The van der Waals surface area contributed by atoms with Gasteiger partial charge in [0.1, 0.15) is 0 Å². The van der Waals surface area contributed by atoms with Crippen LogP contribution in [0.4, 0.5) is 0 Å². The Morgan fingerprint density at radius 1 is 1.12 bits per heavy atom. The summed E-state index contributed by atoms with van der Waals surface area (Å²) >= 11 is 0. The molecule has 0 aliphatic heterocycles. The van der Waals surface area contributed by atoms with Crippen molar-refractivity contribution < 1.29 is 0 Å². The van der Waals surface area contributed by atoms with E-state index in [0.29, 0.717) is 0 Å². The molecule has 2 heteroatoms. The first kappa shape index (κ1) is 14.2. The van der Waals surface area contributed by atoms with Crippen molar-refractivity contribution in [3.63, 3.8) is 0 Å². The fourth-order valence-electron chi connectivity index (χ4n) is 1.78. The van der Waals surface area contributed by atoms with Gasteiger partial charge < -0.3 is 10.2 Å². The summed E-state index contributed by atoms with van der Waals surface area (Å²) in [7, 11) is 2.18. The monoisotopic (exact) mass is 234 g/mol. The first-order valence-corrected chi connectivity index (χ1v) is 6.67. The lowest BCUT2D eigenvalue weighted by Gasteiger charge is -2.17. The normalized spacial score (nSPS) is 11.1. The Balaban J connectivity index is 2.16. The lowest BCUT2D eigenvalue weighted by atomic mass is 10.1. The molecule has 0 radical (unpaired) electrons. The average molecular weight is 234 g/mol. The average Bonchev–Trinajstić information content (AvgIpc) is 2.32. The molecule has 0 bridgehead atoms. The van der Waals surface area contributed by atoms with Gasteiger partial charge in [-0.3, -0.25) is 0 Å². The van der Waals surface area contributed by atoms with Crippen LogP contribution in [0.1, 0.15) is 30.9 Å². The van der Waals surface area contributed by atoms with E-state index in [1.54, 1.807) is 0 Å². The maximum Gasteiger partial charge on any atom is 0.0231 e. The van der Waals surface area contributed by atoms with Crippen LogP contribution < -0.4 is 5.32 Å². The Morgan fingerprint density at radius 2 is 1.82 bits per heavy atom. The van der Waals surface area contributed by atoms with Crippen molar-refractivity contribution >= 4 is 0 Å². The molecule has 1 rings (SSSR count). The van der Waals surface area contributed by atoms with Gasteiger partial charge in [-0.1, -0.05) is 43.2 Å². The Hall–Kier alpha value is -0.860. The summed E-state index contributed by atoms with van der Waals surface area (Å²) in [6.45, 7) is 8.74. The fourth-order valence-corrected chi connectivity index (χ4v) is 1.78. The molecule has 0 heterocycles. The highest BCUT2D eigenvalue weighted by Gasteiger charge is 1.99. The summed E-state index contributed by atoms with van der Waals surface area (Å²) in [5.41, 5.74) is 2.73. The Labute approximate surface area is 106 Å². The maximum absolute atomic E-state index is 3.47. The number of nitrogens with one attached hydrogen (secondary N) is 1. The van der Waals surface area contributed by atoms with Gasteiger partial charge in [0, 0.05) is 19.6 Å². The van der Waals surface area contributed by atoms with Crippen LogP contribution in [0.3, 0.4) is 0 Å². The molecule has 0 unspecified atom stereocenters. The third kappa shape index (κ3) is 6.44. The molecule has 0 saturated heterocycles. The second-order valence-electron chi connectivity index (χ2n) is 4.83. The van der Waals surface area contributed by atoms with Crippen LogP contribution in [-0.2, 0) is 6.54 Å². The molecular weight excluding hydrogens is 208 g/mol. The summed E-state index contributed by atoms with van der Waals surface area (Å²) in [6.07, 6.45) is 2.55. The van der Waals surface area contributed by atoms with Crippen molar-refractivity contribution in [3.8, 4) is 0 Å². The lowest BCUT2D eigenvalue weighted by molar-refractivity contribution is 0.324. The third-order valence-electron chi connectivity index (χ3n) is 2.95. The van der Waals surface area contributed by atoms with Gasteiger partial charge in [0.15, 0.2) is 0 Å². The van der Waals surface area contributed by atoms with Crippen LogP contribution in [0.15, 0.2) is 24.3 Å². The zero-order valence-electron chi connectivity index (χ0n) is 11.5. The van der Waals surface area contributed by atoms with E-state index in [1.165, 1.54) is 24.0 Å². The zero-order chi connectivity index (χ0) is 12.5. The van der Waals surface area contributed by atoms with Crippen molar-refractivity contribution in [1.82, 2.24) is 10.2 Å². The van der Waals surface area contributed by atoms with Crippen molar-refractivity contribution in [2.45, 2.75) is 33.2 Å². The molecule has 0 atom stereocenters. The molecule has 2 nitrogen and oxygen atoms in total. The molecule has 0 aliphatic rings. The predicted octanol–water partition coefficient (Wildman–Crippen LogP) is 2.82. The number of likely N-dealkylation sites (N-methyl/N-ethyl adjacent to an activating group) is 1. The molecule has 0 amide bonds. The van der Waals surface area contributed by atoms with E-state index in [2.05, 4.69) is 55.4 Å². The number of benzene rings is 1. The van der Waals surface area contributed by atoms with Crippen LogP contribution in [0, 0.1) is 6.92 Å². The van der Waals surface area contributed by atoms with Crippen molar-refractivity contribution in [1.29, 1.82) is 0 Å². The summed E-state index contributed by atoms with van der Waals surface area (Å²) in [4.78, 5) is 2.36. The summed E-state index contributed by atoms with van der Waals surface area (Å²) in [6, 6.07) is 8.80. The Bertz CT molecular complexity index is 292. The van der Waals surface area contributed by atoms with E-state index in [9.17, 15) is 0 Å². The van der Waals surface area contributed by atoms with Crippen LogP contribution in [-0.4, -0.2) is 31.6 Å². The second-order valence-corrected chi connectivity index (χ2v) is 4.83. The molecule has 0 saturated carbocycles. The minimum Gasteiger partial charge on any atom is -0.315 e. The quantitative estimate of drug-likeness (QED) is 0.696. The van der Waals surface area contributed by atoms with Gasteiger partial charge >= 0.3 is 0 Å². The van der Waals surface area contributed by atoms with E-state index in [1.807, 2.05) is 0 Å². The fraction of sp³-hybridized carbons (Fsp3) is 0.600. The van der Waals surface area contributed by atoms with Gasteiger partial charge in [0.25, 0.3) is 0 Å². The van der Waals surface area contributed by atoms with Crippen molar-refractivity contribution in [2.24, 2.45) is 0 Å². The number of aryl methyl sites for hydroxylation is 1. The molecule has 0 spiro atoms. The second kappa shape index (κ2) is 8.26. The predicted molar refractivity (Wildman–Crippen MR) is 75.3 cm³/mol. The van der Waals surface area contributed by atoms with E-state index in [0.717, 1.165) is 26.2 Å². The molecule has 1 N–H and O–H groups in total. The molecule has 1 aromatic carbocycles. The Kier molecular flexibility index (Phi) is 6.90. The highest BCUT2D eigenvalue weighted by molar-refractivity contribution is 5.21. The summed E-state index contributed by atoms with van der Waals surface area (Å²) in [5, 5.41) is 3.47. The highest BCUT2D eigenvalue weighted by atomic mass is 15.1. The number of hydrogen-bond donors (Lipinski definition) is 1. The van der Waals surface area contributed by atoms with E-state index < -0.39 is 0 Å². The number of hydrogen-bond acceptors (Lipinski definition) is 2. The molecular formula is C15H26N2. The van der Waals surface area contributed by atoms with Crippen molar-refractivity contribution in [2.75, 3.05) is 26.7 Å². The van der Waals surface area contributed by atoms with Gasteiger partial charge in [-0.05, 0) is 32.5 Å². The standard InChI is InChI=1S/C15H26N2/c1-4-5-10-16-11-12-17(3)13-15-8-6-14(2)7-9-15/h6-9,16H,4-5,10-13H2,1-3H3. The zero-order valence-corrected chi connectivity index (χ0v) is 11.5. The van der Waals surface area contributed by atoms with E-state index in [4.69, 9.17) is 0 Å². The lowest BCUT2D eigenvalue weighted by Crippen LogP contribution is -2.29. The topological polar surface area (TPSA) is 15.3 Å². The number of nitrogens with zero attached hydrogens (tertiary/aromatic N) is 1. The number of rotatable bonds is 8. The first-order chi connectivity index (χ1) is 8.22. The van der Waals surface area contributed by atoms with Crippen LogP contribution >= 0.6 is 0 Å². The van der Waals surface area contributed by atoms with Gasteiger partial charge in [-0.2, -0.15) is 0 Å². The van der Waals surface area contributed by atoms with E-state index in [-0.39, 0.29) is 0 Å². The molecule has 96 valence electrons. The minimum absolute atomic E-state index is 1.04. The molecule has 1 aromatic rings. The summed E-state index contributed by atoms with van der Waals surface area (Å²) in [5.74, 6) is 0. The highest BCUT2D eigenvalue weighted by Crippen LogP contribution is 2.05. The van der Waals surface area contributed by atoms with Gasteiger partial charge in [-0.25, -0.2) is 0 Å². The summed E-state index contributed by atoms with van der Waals surface area (Å²) < 4.78 is 0. The van der Waals surface area contributed by atoms with E-state index >= 15 is 0 Å². The molecule has 0 fully saturated rings. The minimum atomic E-state index is 1.04. The van der Waals surface area contributed by atoms with Crippen LogP contribution in [0.2, 0.25) is 0 Å². The van der Waals surface area contributed by atoms with Crippen LogP contribution in [0.25, 0.3) is 0 Å². The maximum atomic E-state index is 3.47. The van der Waals surface area contributed by atoms with Gasteiger partial charge in [-0.15, -0.1) is 0 Å². The third-order valence-corrected chi connectivity index (χ3v) is 2.95. The molecule has 0 aromatic heterocycles. The van der Waals surface area contributed by atoms with Gasteiger partial charge in [0.05, 0.1) is 0 Å². The molecule has 17 heavy (non-hydrogen) atoms. The number of unbranched alkanes of at least 4 members (excludes halogenated alkanes) is 1. The largest absolute Gasteiger partial charge is 0.315 e. The van der Waals surface area contributed by atoms with Gasteiger partial charge in [0.2, 0.25) is 0 Å². The SMILES string of the molecule is CCCCNCCN(C)Cc1ccc(C)cc1.